The fourth-order valence-corrected chi connectivity index (χ4v) is 1.52. The molecule has 0 atom stereocenters. The monoisotopic (exact) mass is 278 g/mol. The molecule has 1 aromatic carbocycles. The molecule has 2 amide bonds. The number of esters is 1. The van der Waals surface area contributed by atoms with Gasteiger partial charge in [-0.3, -0.25) is 14.4 Å². The number of rotatable bonds is 5. The van der Waals surface area contributed by atoms with Crippen molar-refractivity contribution >= 4 is 29.2 Å². The number of methoxy groups -OCH3 is 1. The summed E-state index contributed by atoms with van der Waals surface area (Å²) >= 11 is 0. The second-order valence-corrected chi connectivity index (χ2v) is 4.25. The molecule has 0 aromatic heterocycles. The summed E-state index contributed by atoms with van der Waals surface area (Å²) in [5, 5.41) is 2.67. The van der Waals surface area contributed by atoms with Crippen LogP contribution >= 0.6 is 0 Å². The van der Waals surface area contributed by atoms with Gasteiger partial charge in [-0.1, -0.05) is 6.07 Å². The predicted octanol–water partition coefficient (Wildman–Crippen LogP) is 1.56. The second-order valence-electron chi connectivity index (χ2n) is 4.25. The summed E-state index contributed by atoms with van der Waals surface area (Å²) < 4.78 is 4.46. The lowest BCUT2D eigenvalue weighted by atomic mass is 10.2. The van der Waals surface area contributed by atoms with Crippen molar-refractivity contribution in [3.63, 3.8) is 0 Å². The number of ether oxygens (including phenoxy) is 1. The first-order valence-electron chi connectivity index (χ1n) is 6.15. The normalized spacial score (nSPS) is 9.75. The van der Waals surface area contributed by atoms with Gasteiger partial charge in [0, 0.05) is 31.8 Å². The molecule has 0 heterocycles. The lowest BCUT2D eigenvalue weighted by Gasteiger charge is -2.16. The summed E-state index contributed by atoms with van der Waals surface area (Å²) in [4.78, 5) is 35.3. The van der Waals surface area contributed by atoms with Gasteiger partial charge in [-0.25, -0.2) is 0 Å². The zero-order valence-electron chi connectivity index (χ0n) is 11.8. The number of amides is 2. The summed E-state index contributed by atoms with van der Waals surface area (Å²) in [5.41, 5.74) is 1.26. The van der Waals surface area contributed by atoms with Crippen LogP contribution in [0.3, 0.4) is 0 Å². The number of benzene rings is 1. The van der Waals surface area contributed by atoms with Gasteiger partial charge < -0.3 is 15.0 Å². The minimum absolute atomic E-state index is 0.0371. The number of nitrogens with zero attached hydrogens (tertiary/aromatic N) is 1. The summed E-state index contributed by atoms with van der Waals surface area (Å²) in [7, 11) is 2.93. The van der Waals surface area contributed by atoms with Crippen molar-refractivity contribution in [3.8, 4) is 0 Å². The third-order valence-corrected chi connectivity index (χ3v) is 2.77. The van der Waals surface area contributed by atoms with Gasteiger partial charge in [0.05, 0.1) is 13.5 Å². The van der Waals surface area contributed by atoms with E-state index in [9.17, 15) is 14.4 Å². The molecule has 6 nitrogen and oxygen atoms in total. The smallest absolute Gasteiger partial charge is 0.306 e. The van der Waals surface area contributed by atoms with Crippen LogP contribution in [0.15, 0.2) is 24.3 Å². The molecule has 0 aliphatic heterocycles. The van der Waals surface area contributed by atoms with Crippen LogP contribution in [-0.2, 0) is 19.1 Å². The van der Waals surface area contributed by atoms with Gasteiger partial charge in [-0.2, -0.15) is 0 Å². The van der Waals surface area contributed by atoms with Crippen LogP contribution in [0.4, 0.5) is 11.4 Å². The highest BCUT2D eigenvalue weighted by Gasteiger charge is 2.09. The van der Waals surface area contributed by atoms with Crippen LogP contribution in [0.1, 0.15) is 19.8 Å². The molecular weight excluding hydrogens is 260 g/mol. The Labute approximate surface area is 117 Å². The van der Waals surface area contributed by atoms with Gasteiger partial charge in [0.15, 0.2) is 0 Å². The number of carbonyl (C=O) groups excluding carboxylic acids is 3. The summed E-state index contributed by atoms with van der Waals surface area (Å²) in [6.07, 6.45) is 0.0921. The molecule has 0 saturated carbocycles. The fourth-order valence-electron chi connectivity index (χ4n) is 1.52. The van der Waals surface area contributed by atoms with Gasteiger partial charge >= 0.3 is 5.97 Å². The van der Waals surface area contributed by atoms with Gasteiger partial charge in [0.1, 0.15) is 0 Å². The highest BCUT2D eigenvalue weighted by atomic mass is 16.5. The van der Waals surface area contributed by atoms with Gasteiger partial charge in [-0.05, 0) is 18.2 Å². The zero-order chi connectivity index (χ0) is 15.1. The van der Waals surface area contributed by atoms with Crippen molar-refractivity contribution in [2.24, 2.45) is 0 Å². The molecule has 1 N–H and O–H groups in total. The lowest BCUT2D eigenvalue weighted by Crippen LogP contribution is -2.23. The highest BCUT2D eigenvalue weighted by Crippen LogP contribution is 2.18. The number of anilines is 2. The van der Waals surface area contributed by atoms with Crippen LogP contribution in [-0.4, -0.2) is 31.9 Å². The molecule has 0 fully saturated rings. The Bertz CT molecular complexity index is 514. The Morgan fingerprint density at radius 3 is 2.55 bits per heavy atom. The predicted molar refractivity (Wildman–Crippen MR) is 75.4 cm³/mol. The third-order valence-electron chi connectivity index (χ3n) is 2.77. The van der Waals surface area contributed by atoms with E-state index >= 15 is 0 Å². The van der Waals surface area contributed by atoms with Crippen LogP contribution in [0.2, 0.25) is 0 Å². The lowest BCUT2D eigenvalue weighted by molar-refractivity contribution is -0.141. The Morgan fingerprint density at radius 2 is 1.95 bits per heavy atom. The van der Waals surface area contributed by atoms with E-state index in [0.29, 0.717) is 11.4 Å². The van der Waals surface area contributed by atoms with Crippen LogP contribution in [0.5, 0.6) is 0 Å². The SMILES string of the molecule is COC(=O)CCC(=O)Nc1cccc(N(C)C(C)=O)c1. The average Bonchev–Trinajstić information content (AvgIpc) is 2.44. The van der Waals surface area contributed by atoms with Crippen LogP contribution < -0.4 is 10.2 Å². The minimum Gasteiger partial charge on any atom is -0.469 e. The van der Waals surface area contributed by atoms with Gasteiger partial charge in [0.2, 0.25) is 11.8 Å². The molecule has 0 radical (unpaired) electrons. The largest absolute Gasteiger partial charge is 0.469 e. The third kappa shape index (κ3) is 4.72. The number of carbonyl (C=O) groups is 3. The fraction of sp³-hybridized carbons (Fsp3) is 0.357. The van der Waals surface area contributed by atoms with E-state index < -0.39 is 5.97 Å². The van der Waals surface area contributed by atoms with E-state index in [1.807, 2.05) is 0 Å². The molecule has 20 heavy (non-hydrogen) atoms. The molecule has 6 heteroatoms. The molecule has 0 saturated heterocycles. The first-order valence-corrected chi connectivity index (χ1v) is 6.15. The van der Waals surface area contributed by atoms with E-state index in [1.165, 1.54) is 18.9 Å². The quantitative estimate of drug-likeness (QED) is 0.829. The Hall–Kier alpha value is -2.37. The summed E-state index contributed by atoms with van der Waals surface area (Å²) in [5.74, 6) is -0.803. The van der Waals surface area contributed by atoms with Crippen molar-refractivity contribution in [1.29, 1.82) is 0 Å². The molecule has 0 spiro atoms. The van der Waals surface area contributed by atoms with E-state index in [-0.39, 0.29) is 24.7 Å². The van der Waals surface area contributed by atoms with Gasteiger partial charge in [0.25, 0.3) is 0 Å². The standard InChI is InChI=1S/C14H18N2O4/c1-10(17)16(2)12-6-4-5-11(9-12)15-13(18)7-8-14(19)20-3/h4-6,9H,7-8H2,1-3H3,(H,15,18). The molecule has 1 rings (SSSR count). The van der Waals surface area contributed by atoms with E-state index in [4.69, 9.17) is 0 Å². The minimum atomic E-state index is -0.426. The Kier molecular flexibility index (Phi) is 5.71. The second kappa shape index (κ2) is 7.28. The zero-order valence-corrected chi connectivity index (χ0v) is 11.8. The number of hydrogen-bond acceptors (Lipinski definition) is 4. The topological polar surface area (TPSA) is 75.7 Å². The summed E-state index contributed by atoms with van der Waals surface area (Å²) in [6, 6.07) is 6.92. The Balaban J connectivity index is 2.64. The molecule has 0 bridgehead atoms. The highest BCUT2D eigenvalue weighted by molar-refractivity contribution is 5.95. The number of nitrogens with one attached hydrogen (secondary N) is 1. The first kappa shape index (κ1) is 15.7. The van der Waals surface area contributed by atoms with Gasteiger partial charge in [-0.15, -0.1) is 0 Å². The van der Waals surface area contributed by atoms with Crippen molar-refractivity contribution in [2.45, 2.75) is 19.8 Å². The van der Waals surface area contributed by atoms with E-state index in [1.54, 1.807) is 31.3 Å². The molecule has 108 valence electrons. The van der Waals surface area contributed by atoms with Crippen LogP contribution in [0, 0.1) is 0 Å². The van der Waals surface area contributed by atoms with Crippen LogP contribution in [0.25, 0.3) is 0 Å². The van der Waals surface area contributed by atoms with E-state index in [2.05, 4.69) is 10.1 Å². The van der Waals surface area contributed by atoms with Crippen molar-refractivity contribution in [2.75, 3.05) is 24.4 Å². The maximum Gasteiger partial charge on any atom is 0.306 e. The number of hydrogen-bond donors (Lipinski definition) is 1. The summed E-state index contributed by atoms with van der Waals surface area (Å²) in [6.45, 7) is 1.46. The van der Waals surface area contributed by atoms with E-state index in [0.717, 1.165) is 0 Å². The molecule has 1 aromatic rings. The molecular formula is C14H18N2O4. The molecule has 0 aliphatic carbocycles. The maximum absolute atomic E-state index is 11.6. The molecule has 0 unspecified atom stereocenters. The first-order chi connectivity index (χ1) is 9.43. The average molecular weight is 278 g/mol. The maximum atomic E-state index is 11.6. The van der Waals surface area contributed by atoms with Crippen molar-refractivity contribution < 1.29 is 19.1 Å². The Morgan fingerprint density at radius 1 is 1.25 bits per heavy atom. The van der Waals surface area contributed by atoms with Crippen molar-refractivity contribution in [1.82, 2.24) is 0 Å². The van der Waals surface area contributed by atoms with Crippen molar-refractivity contribution in [3.05, 3.63) is 24.3 Å². The molecule has 0 aliphatic rings.